The highest BCUT2D eigenvalue weighted by Crippen LogP contribution is 2.25. The Morgan fingerprint density at radius 2 is 1.91 bits per heavy atom. The first kappa shape index (κ1) is 14.4. The van der Waals surface area contributed by atoms with Crippen molar-refractivity contribution in [3.63, 3.8) is 0 Å². The summed E-state index contributed by atoms with van der Waals surface area (Å²) in [5.41, 5.74) is 2.24. The van der Waals surface area contributed by atoms with Crippen LogP contribution in [-0.4, -0.2) is 63.8 Å². The first-order valence-electron chi connectivity index (χ1n) is 8.24. The van der Waals surface area contributed by atoms with E-state index in [2.05, 4.69) is 45.1 Å². The summed E-state index contributed by atoms with van der Waals surface area (Å²) in [6, 6.07) is 8.32. The SMILES string of the molecule is Cc1nc2n(n1)C(N1CCCN(C)CC1)=Nc1ccccc1C2. The third-order valence-corrected chi connectivity index (χ3v) is 4.53. The number of rotatable bonds is 0. The molecule has 0 amide bonds. The maximum absolute atomic E-state index is 4.97. The fraction of sp³-hybridized carbons (Fsp3) is 0.471. The summed E-state index contributed by atoms with van der Waals surface area (Å²) in [6.07, 6.45) is 1.91. The highest BCUT2D eigenvalue weighted by molar-refractivity contribution is 5.86. The van der Waals surface area contributed by atoms with Crippen molar-refractivity contribution in [1.82, 2.24) is 24.6 Å². The maximum atomic E-state index is 4.97. The summed E-state index contributed by atoms with van der Waals surface area (Å²) < 4.78 is 1.95. The van der Waals surface area contributed by atoms with Crippen LogP contribution in [0.4, 0.5) is 5.69 Å². The summed E-state index contributed by atoms with van der Waals surface area (Å²) in [5.74, 6) is 2.70. The number of aromatic nitrogens is 3. The van der Waals surface area contributed by atoms with E-state index < -0.39 is 0 Å². The normalized spacial score (nSPS) is 18.7. The molecule has 23 heavy (non-hydrogen) atoms. The Hall–Kier alpha value is -2.21. The van der Waals surface area contributed by atoms with Crippen LogP contribution in [0.25, 0.3) is 0 Å². The molecule has 6 heteroatoms. The number of hydrogen-bond acceptors (Lipinski definition) is 5. The van der Waals surface area contributed by atoms with E-state index in [1.54, 1.807) is 0 Å². The molecular weight excluding hydrogens is 288 g/mol. The topological polar surface area (TPSA) is 49.6 Å². The molecule has 1 fully saturated rings. The van der Waals surface area contributed by atoms with Crippen LogP contribution in [0.2, 0.25) is 0 Å². The van der Waals surface area contributed by atoms with Gasteiger partial charge in [0.1, 0.15) is 11.6 Å². The number of aryl methyl sites for hydroxylation is 1. The molecule has 0 atom stereocenters. The quantitative estimate of drug-likeness (QED) is 0.742. The zero-order valence-corrected chi connectivity index (χ0v) is 13.7. The Labute approximate surface area is 136 Å². The molecule has 0 N–H and O–H groups in total. The summed E-state index contributed by atoms with van der Waals surface area (Å²) in [7, 11) is 2.18. The third-order valence-electron chi connectivity index (χ3n) is 4.53. The lowest BCUT2D eigenvalue weighted by atomic mass is 10.1. The van der Waals surface area contributed by atoms with Gasteiger partial charge in [0.15, 0.2) is 0 Å². The number of benzene rings is 1. The van der Waals surface area contributed by atoms with Crippen LogP contribution in [0.1, 0.15) is 23.6 Å². The number of nitrogens with zero attached hydrogens (tertiary/aromatic N) is 6. The second-order valence-electron chi connectivity index (χ2n) is 6.35. The minimum Gasteiger partial charge on any atom is -0.339 e. The number of fused-ring (bicyclic) bond motifs is 2. The van der Waals surface area contributed by atoms with Crippen LogP contribution in [0.5, 0.6) is 0 Å². The smallest absolute Gasteiger partial charge is 0.228 e. The summed E-state index contributed by atoms with van der Waals surface area (Å²) in [4.78, 5) is 14.3. The molecule has 0 saturated carbocycles. The predicted octanol–water partition coefficient (Wildman–Crippen LogP) is 1.66. The molecule has 0 unspecified atom stereocenters. The highest BCUT2D eigenvalue weighted by atomic mass is 15.5. The summed E-state index contributed by atoms with van der Waals surface area (Å²) in [5, 5.41) is 4.62. The van der Waals surface area contributed by atoms with E-state index in [9.17, 15) is 0 Å². The van der Waals surface area contributed by atoms with Crippen molar-refractivity contribution in [3.8, 4) is 0 Å². The molecular formula is C17H22N6. The Kier molecular flexibility index (Phi) is 3.61. The van der Waals surface area contributed by atoms with Gasteiger partial charge in [0.2, 0.25) is 5.96 Å². The van der Waals surface area contributed by atoms with Gasteiger partial charge in [-0.2, -0.15) is 4.68 Å². The van der Waals surface area contributed by atoms with E-state index in [0.29, 0.717) is 0 Å². The average Bonchev–Trinajstić information content (AvgIpc) is 2.70. The molecule has 1 aromatic heterocycles. The Balaban J connectivity index is 1.80. The second kappa shape index (κ2) is 5.77. The zero-order chi connectivity index (χ0) is 15.8. The summed E-state index contributed by atoms with van der Waals surface area (Å²) >= 11 is 0. The fourth-order valence-corrected chi connectivity index (χ4v) is 3.28. The number of likely N-dealkylation sites (N-methyl/N-ethyl adjacent to an activating group) is 1. The Morgan fingerprint density at radius 1 is 1.04 bits per heavy atom. The van der Waals surface area contributed by atoms with Gasteiger partial charge in [-0.05, 0) is 38.6 Å². The van der Waals surface area contributed by atoms with Gasteiger partial charge in [-0.1, -0.05) is 18.2 Å². The van der Waals surface area contributed by atoms with Gasteiger partial charge in [-0.15, -0.1) is 5.10 Å². The van der Waals surface area contributed by atoms with Crippen LogP contribution in [0.15, 0.2) is 29.3 Å². The minimum atomic E-state index is 0.776. The largest absolute Gasteiger partial charge is 0.339 e. The van der Waals surface area contributed by atoms with E-state index in [1.807, 2.05) is 17.7 Å². The fourth-order valence-electron chi connectivity index (χ4n) is 3.28. The van der Waals surface area contributed by atoms with Gasteiger partial charge >= 0.3 is 0 Å². The van der Waals surface area contributed by atoms with Crippen LogP contribution in [0.3, 0.4) is 0 Å². The number of aliphatic imine (C=N–C) groups is 1. The van der Waals surface area contributed by atoms with Crippen LogP contribution in [0, 0.1) is 6.92 Å². The summed E-state index contributed by atoms with van der Waals surface area (Å²) in [6.45, 7) is 6.09. The van der Waals surface area contributed by atoms with Gasteiger partial charge in [-0.25, -0.2) is 9.98 Å². The van der Waals surface area contributed by atoms with E-state index in [1.165, 1.54) is 5.56 Å². The Morgan fingerprint density at radius 3 is 2.83 bits per heavy atom. The van der Waals surface area contributed by atoms with Crippen molar-refractivity contribution < 1.29 is 0 Å². The minimum absolute atomic E-state index is 0.776. The van der Waals surface area contributed by atoms with Crippen molar-refractivity contribution in [1.29, 1.82) is 0 Å². The molecule has 2 aliphatic rings. The first-order valence-corrected chi connectivity index (χ1v) is 8.24. The molecule has 2 aliphatic heterocycles. The lowest BCUT2D eigenvalue weighted by molar-refractivity contribution is 0.343. The van der Waals surface area contributed by atoms with Gasteiger partial charge in [0.05, 0.1) is 5.69 Å². The van der Waals surface area contributed by atoms with Crippen molar-refractivity contribution in [3.05, 3.63) is 41.5 Å². The van der Waals surface area contributed by atoms with Crippen molar-refractivity contribution >= 4 is 11.6 Å². The van der Waals surface area contributed by atoms with Crippen molar-refractivity contribution in [2.24, 2.45) is 4.99 Å². The van der Waals surface area contributed by atoms with E-state index in [-0.39, 0.29) is 0 Å². The zero-order valence-electron chi connectivity index (χ0n) is 13.7. The molecule has 0 bridgehead atoms. The van der Waals surface area contributed by atoms with E-state index >= 15 is 0 Å². The molecule has 3 heterocycles. The molecule has 0 spiro atoms. The molecule has 0 radical (unpaired) electrons. The van der Waals surface area contributed by atoms with Crippen LogP contribution in [-0.2, 0) is 6.42 Å². The molecule has 120 valence electrons. The standard InChI is InChI=1S/C17H22N6/c1-13-18-16-12-14-6-3-4-7-15(14)19-17(23(16)20-13)22-9-5-8-21(2)10-11-22/h3-4,6-7H,5,8-12H2,1-2H3. The predicted molar refractivity (Wildman–Crippen MR) is 90.2 cm³/mol. The van der Waals surface area contributed by atoms with E-state index in [0.717, 1.165) is 62.3 Å². The average molecular weight is 310 g/mol. The third kappa shape index (κ3) is 2.74. The molecule has 2 aromatic rings. The monoisotopic (exact) mass is 310 g/mol. The molecule has 4 rings (SSSR count). The Bertz CT molecular complexity index is 747. The first-order chi connectivity index (χ1) is 11.2. The lowest BCUT2D eigenvalue weighted by Gasteiger charge is -2.24. The van der Waals surface area contributed by atoms with Gasteiger partial charge in [0, 0.05) is 26.1 Å². The number of para-hydroxylation sites is 1. The van der Waals surface area contributed by atoms with Gasteiger partial charge in [0.25, 0.3) is 0 Å². The second-order valence-corrected chi connectivity index (χ2v) is 6.35. The van der Waals surface area contributed by atoms with Gasteiger partial charge in [-0.3, -0.25) is 0 Å². The van der Waals surface area contributed by atoms with Gasteiger partial charge < -0.3 is 9.80 Å². The van der Waals surface area contributed by atoms with Crippen molar-refractivity contribution in [2.75, 3.05) is 33.2 Å². The molecule has 1 saturated heterocycles. The van der Waals surface area contributed by atoms with Crippen LogP contribution >= 0.6 is 0 Å². The maximum Gasteiger partial charge on any atom is 0.228 e. The van der Waals surface area contributed by atoms with Crippen molar-refractivity contribution in [2.45, 2.75) is 19.8 Å². The molecule has 0 aliphatic carbocycles. The highest BCUT2D eigenvalue weighted by Gasteiger charge is 2.24. The van der Waals surface area contributed by atoms with Crippen LogP contribution < -0.4 is 0 Å². The lowest BCUT2D eigenvalue weighted by Crippen LogP contribution is -2.39. The molecule has 6 nitrogen and oxygen atoms in total. The van der Waals surface area contributed by atoms with E-state index in [4.69, 9.17) is 4.99 Å². The number of hydrogen-bond donors (Lipinski definition) is 0. The molecule has 1 aromatic carbocycles.